The normalized spacial score (nSPS) is 20.3. The minimum absolute atomic E-state index is 0.0241. The molecule has 27 heavy (non-hydrogen) atoms. The molecule has 2 unspecified atom stereocenters. The number of ketones is 2. The second kappa shape index (κ2) is 9.05. The lowest BCUT2D eigenvalue weighted by Gasteiger charge is -2.29. The molecule has 1 aromatic rings. The maximum Gasteiger partial charge on any atom is 0.141 e. The van der Waals surface area contributed by atoms with Gasteiger partial charge in [-0.2, -0.15) is 0 Å². The Morgan fingerprint density at radius 3 is 2.37 bits per heavy atom. The van der Waals surface area contributed by atoms with Crippen LogP contribution >= 0.6 is 0 Å². The van der Waals surface area contributed by atoms with Gasteiger partial charge < -0.3 is 4.74 Å². The Labute approximate surface area is 160 Å². The quantitative estimate of drug-likeness (QED) is 0.612. The van der Waals surface area contributed by atoms with E-state index < -0.39 is 17.0 Å². The Balaban J connectivity index is 1.87. The first-order valence-corrected chi connectivity index (χ1v) is 9.72. The van der Waals surface area contributed by atoms with Crippen molar-refractivity contribution in [2.45, 2.75) is 65.9 Å². The van der Waals surface area contributed by atoms with E-state index in [9.17, 15) is 18.4 Å². The van der Waals surface area contributed by atoms with Crippen LogP contribution in [0.25, 0.3) is 0 Å². The van der Waals surface area contributed by atoms with E-state index in [0.717, 1.165) is 18.9 Å². The van der Waals surface area contributed by atoms with E-state index in [4.69, 9.17) is 4.74 Å². The fourth-order valence-corrected chi connectivity index (χ4v) is 3.55. The van der Waals surface area contributed by atoms with E-state index in [1.807, 2.05) is 27.7 Å². The van der Waals surface area contributed by atoms with Crippen molar-refractivity contribution in [3.63, 3.8) is 0 Å². The summed E-state index contributed by atoms with van der Waals surface area (Å²) >= 11 is 0. The van der Waals surface area contributed by atoms with Crippen molar-refractivity contribution in [2.24, 2.45) is 17.3 Å². The molecule has 0 amide bonds. The van der Waals surface area contributed by atoms with Crippen LogP contribution in [0.1, 0.15) is 58.9 Å². The zero-order chi connectivity index (χ0) is 20.2. The molecule has 0 radical (unpaired) electrons. The molecule has 1 aromatic carbocycles. The molecule has 0 bridgehead atoms. The van der Waals surface area contributed by atoms with Gasteiger partial charge in [0.25, 0.3) is 0 Å². The predicted octanol–water partition coefficient (Wildman–Crippen LogP) is 4.90. The van der Waals surface area contributed by atoms with Crippen LogP contribution in [-0.2, 0) is 20.7 Å². The van der Waals surface area contributed by atoms with Crippen molar-refractivity contribution in [1.29, 1.82) is 0 Å². The monoisotopic (exact) mass is 380 g/mol. The summed E-state index contributed by atoms with van der Waals surface area (Å²) in [6, 6.07) is 3.35. The van der Waals surface area contributed by atoms with Gasteiger partial charge in [-0.3, -0.25) is 9.59 Å². The van der Waals surface area contributed by atoms with Gasteiger partial charge in [0.2, 0.25) is 0 Å². The minimum atomic E-state index is -0.664. The smallest absolute Gasteiger partial charge is 0.141 e. The molecule has 1 aliphatic rings. The lowest BCUT2D eigenvalue weighted by Crippen LogP contribution is -2.37. The third-order valence-electron chi connectivity index (χ3n) is 5.61. The fourth-order valence-electron chi connectivity index (χ4n) is 3.55. The number of rotatable bonds is 9. The van der Waals surface area contributed by atoms with Crippen LogP contribution in [0.15, 0.2) is 18.2 Å². The zero-order valence-electron chi connectivity index (χ0n) is 16.7. The summed E-state index contributed by atoms with van der Waals surface area (Å²) in [5.41, 5.74) is -0.183. The van der Waals surface area contributed by atoms with Gasteiger partial charge in [0.1, 0.15) is 23.2 Å². The van der Waals surface area contributed by atoms with E-state index >= 15 is 0 Å². The van der Waals surface area contributed by atoms with Gasteiger partial charge in [-0.15, -0.1) is 0 Å². The topological polar surface area (TPSA) is 43.4 Å². The molecule has 1 fully saturated rings. The number of carbonyl (C=O) groups is 2. The Kier molecular flexibility index (Phi) is 7.26. The van der Waals surface area contributed by atoms with Crippen molar-refractivity contribution >= 4 is 11.6 Å². The SMILES string of the molecule is CC(C)C(=O)CCC1COC(C(C)(C)C(=O)CCc2cc(F)cc(F)c2)C1. The molecule has 0 spiro atoms. The second-order valence-electron chi connectivity index (χ2n) is 8.51. The number of benzene rings is 1. The summed E-state index contributed by atoms with van der Waals surface area (Å²) in [5, 5.41) is 0. The standard InChI is InChI=1S/C22H30F2O3/c1-14(2)19(25)7-5-16-11-21(27-13-16)22(3,4)20(26)8-6-15-9-17(23)12-18(24)10-15/h9-10,12,14,16,21H,5-8,11,13H2,1-4H3. The average molecular weight is 380 g/mol. The van der Waals surface area contributed by atoms with Gasteiger partial charge in [-0.1, -0.05) is 27.7 Å². The highest BCUT2D eigenvalue weighted by Crippen LogP contribution is 2.37. The molecule has 5 heteroatoms. The molecule has 0 aliphatic carbocycles. The van der Waals surface area contributed by atoms with E-state index in [-0.39, 0.29) is 30.0 Å². The van der Waals surface area contributed by atoms with Crippen molar-refractivity contribution in [2.75, 3.05) is 6.61 Å². The van der Waals surface area contributed by atoms with Crippen LogP contribution in [0.4, 0.5) is 8.78 Å². The average Bonchev–Trinajstić information content (AvgIpc) is 3.06. The van der Waals surface area contributed by atoms with E-state index in [1.165, 1.54) is 12.1 Å². The van der Waals surface area contributed by atoms with Crippen LogP contribution in [-0.4, -0.2) is 24.3 Å². The number of hydrogen-bond acceptors (Lipinski definition) is 3. The molecule has 3 nitrogen and oxygen atoms in total. The maximum absolute atomic E-state index is 13.3. The molecule has 0 saturated carbocycles. The number of hydrogen-bond donors (Lipinski definition) is 0. The van der Waals surface area contributed by atoms with Crippen molar-refractivity contribution in [3.8, 4) is 0 Å². The number of carbonyl (C=O) groups excluding carboxylic acids is 2. The van der Waals surface area contributed by atoms with Gasteiger partial charge in [0, 0.05) is 36.8 Å². The van der Waals surface area contributed by atoms with Crippen molar-refractivity contribution in [1.82, 2.24) is 0 Å². The van der Waals surface area contributed by atoms with Crippen LogP contribution in [0, 0.1) is 28.9 Å². The van der Waals surface area contributed by atoms with Gasteiger partial charge in [0.05, 0.1) is 6.10 Å². The first-order valence-electron chi connectivity index (χ1n) is 9.72. The van der Waals surface area contributed by atoms with Gasteiger partial charge in [-0.25, -0.2) is 8.78 Å². The number of Topliss-reactive ketones (excluding diaryl/α,β-unsaturated/α-hetero) is 2. The van der Waals surface area contributed by atoms with E-state index in [2.05, 4.69) is 0 Å². The Morgan fingerprint density at radius 1 is 1.15 bits per heavy atom. The van der Waals surface area contributed by atoms with Crippen LogP contribution in [0.3, 0.4) is 0 Å². The molecular weight excluding hydrogens is 350 g/mol. The lowest BCUT2D eigenvalue weighted by atomic mass is 9.77. The maximum atomic E-state index is 13.3. The summed E-state index contributed by atoms with van der Waals surface area (Å²) in [7, 11) is 0. The summed E-state index contributed by atoms with van der Waals surface area (Å²) in [4.78, 5) is 24.5. The number of halogens is 2. The fraction of sp³-hybridized carbons (Fsp3) is 0.636. The van der Waals surface area contributed by atoms with E-state index in [0.29, 0.717) is 30.9 Å². The highest BCUT2D eigenvalue weighted by molar-refractivity contribution is 5.85. The molecule has 150 valence electrons. The highest BCUT2D eigenvalue weighted by Gasteiger charge is 2.41. The summed E-state index contributed by atoms with van der Waals surface area (Å²) in [5.74, 6) is -0.632. The number of aryl methyl sites for hydroxylation is 1. The Hall–Kier alpha value is -1.62. The van der Waals surface area contributed by atoms with Crippen LogP contribution in [0.2, 0.25) is 0 Å². The summed E-state index contributed by atoms with van der Waals surface area (Å²) < 4.78 is 32.5. The molecule has 0 N–H and O–H groups in total. The van der Waals surface area contributed by atoms with Crippen LogP contribution < -0.4 is 0 Å². The lowest BCUT2D eigenvalue weighted by molar-refractivity contribution is -0.133. The number of ether oxygens (including phenoxy) is 1. The molecule has 2 atom stereocenters. The second-order valence-corrected chi connectivity index (χ2v) is 8.51. The first-order chi connectivity index (χ1) is 12.6. The molecule has 0 aromatic heterocycles. The molecule has 1 aliphatic heterocycles. The molecule has 1 heterocycles. The highest BCUT2D eigenvalue weighted by atomic mass is 19.1. The van der Waals surface area contributed by atoms with Crippen molar-refractivity contribution < 1.29 is 23.1 Å². The summed E-state index contributed by atoms with van der Waals surface area (Å²) in [6.07, 6.45) is 2.44. The first kappa shape index (κ1) is 21.7. The van der Waals surface area contributed by atoms with Crippen molar-refractivity contribution in [3.05, 3.63) is 35.4 Å². The molecule has 1 saturated heterocycles. The Bertz CT molecular complexity index is 662. The third-order valence-corrected chi connectivity index (χ3v) is 5.61. The van der Waals surface area contributed by atoms with Gasteiger partial charge in [-0.05, 0) is 42.9 Å². The zero-order valence-corrected chi connectivity index (χ0v) is 16.7. The third kappa shape index (κ3) is 5.93. The van der Waals surface area contributed by atoms with Crippen LogP contribution in [0.5, 0.6) is 0 Å². The van der Waals surface area contributed by atoms with Gasteiger partial charge >= 0.3 is 0 Å². The predicted molar refractivity (Wildman–Crippen MR) is 100 cm³/mol. The summed E-state index contributed by atoms with van der Waals surface area (Å²) in [6.45, 7) is 8.12. The van der Waals surface area contributed by atoms with E-state index in [1.54, 1.807) is 0 Å². The molecular formula is C22H30F2O3. The molecule has 2 rings (SSSR count). The largest absolute Gasteiger partial charge is 0.377 e. The minimum Gasteiger partial charge on any atom is -0.377 e. The Morgan fingerprint density at radius 2 is 1.78 bits per heavy atom. The van der Waals surface area contributed by atoms with Gasteiger partial charge in [0.15, 0.2) is 0 Å².